The van der Waals surface area contributed by atoms with E-state index in [1.807, 2.05) is 18.2 Å². The van der Waals surface area contributed by atoms with Crippen molar-refractivity contribution in [1.82, 2.24) is 0 Å². The SMILES string of the molecule is CC(=O)O[C@H]1CCCO[C@H]1CC(=O)c1ccccc1. The van der Waals surface area contributed by atoms with Gasteiger partial charge in [0.1, 0.15) is 12.2 Å². The Balaban J connectivity index is 1.99. The van der Waals surface area contributed by atoms with Gasteiger partial charge < -0.3 is 9.47 Å². The van der Waals surface area contributed by atoms with E-state index in [1.54, 1.807) is 12.1 Å². The normalized spacial score (nSPS) is 22.8. The Morgan fingerprint density at radius 2 is 2.05 bits per heavy atom. The van der Waals surface area contributed by atoms with E-state index in [1.165, 1.54) is 6.92 Å². The molecule has 1 aliphatic heterocycles. The van der Waals surface area contributed by atoms with Crippen LogP contribution in [0.2, 0.25) is 0 Å². The quantitative estimate of drug-likeness (QED) is 0.617. The molecular formula is C15H18O4. The lowest BCUT2D eigenvalue weighted by molar-refractivity contribution is -0.160. The molecule has 0 amide bonds. The third kappa shape index (κ3) is 3.89. The molecule has 1 saturated heterocycles. The Hall–Kier alpha value is -1.68. The lowest BCUT2D eigenvalue weighted by atomic mass is 9.97. The Morgan fingerprint density at radius 3 is 2.74 bits per heavy atom. The van der Waals surface area contributed by atoms with Crippen LogP contribution in [0.4, 0.5) is 0 Å². The summed E-state index contributed by atoms with van der Waals surface area (Å²) in [5.41, 5.74) is 0.665. The van der Waals surface area contributed by atoms with Crippen molar-refractivity contribution < 1.29 is 19.1 Å². The van der Waals surface area contributed by atoms with E-state index in [9.17, 15) is 9.59 Å². The monoisotopic (exact) mass is 262 g/mol. The third-order valence-corrected chi connectivity index (χ3v) is 3.18. The number of carbonyl (C=O) groups is 2. The Morgan fingerprint density at radius 1 is 1.32 bits per heavy atom. The second-order valence-corrected chi connectivity index (χ2v) is 4.69. The van der Waals surface area contributed by atoms with Crippen molar-refractivity contribution in [3.8, 4) is 0 Å². The highest BCUT2D eigenvalue weighted by molar-refractivity contribution is 5.96. The predicted molar refractivity (Wildman–Crippen MR) is 69.9 cm³/mol. The van der Waals surface area contributed by atoms with Crippen LogP contribution in [0.25, 0.3) is 0 Å². The number of hydrogen-bond acceptors (Lipinski definition) is 4. The number of rotatable bonds is 4. The zero-order valence-electron chi connectivity index (χ0n) is 11.0. The third-order valence-electron chi connectivity index (χ3n) is 3.18. The van der Waals surface area contributed by atoms with Crippen LogP contribution in [0.15, 0.2) is 30.3 Å². The molecule has 1 aliphatic rings. The summed E-state index contributed by atoms with van der Waals surface area (Å²) in [4.78, 5) is 23.2. The van der Waals surface area contributed by atoms with Gasteiger partial charge in [-0.1, -0.05) is 30.3 Å². The molecule has 4 nitrogen and oxygen atoms in total. The average Bonchev–Trinajstić information content (AvgIpc) is 2.41. The van der Waals surface area contributed by atoms with Crippen LogP contribution in [0, 0.1) is 0 Å². The molecule has 0 aliphatic carbocycles. The van der Waals surface area contributed by atoms with Gasteiger partial charge in [-0.3, -0.25) is 9.59 Å². The molecule has 0 saturated carbocycles. The van der Waals surface area contributed by atoms with Crippen LogP contribution in [0.1, 0.15) is 36.5 Å². The molecule has 102 valence electrons. The smallest absolute Gasteiger partial charge is 0.302 e. The van der Waals surface area contributed by atoms with Crippen molar-refractivity contribution in [1.29, 1.82) is 0 Å². The molecular weight excluding hydrogens is 244 g/mol. The maximum absolute atomic E-state index is 12.1. The molecule has 1 fully saturated rings. The van der Waals surface area contributed by atoms with E-state index < -0.39 is 0 Å². The zero-order chi connectivity index (χ0) is 13.7. The van der Waals surface area contributed by atoms with Crippen molar-refractivity contribution in [2.75, 3.05) is 6.61 Å². The Kier molecular flexibility index (Phi) is 4.68. The molecule has 0 bridgehead atoms. The number of hydrogen-bond donors (Lipinski definition) is 0. The summed E-state index contributed by atoms with van der Waals surface area (Å²) in [6.45, 7) is 2.00. The molecule has 19 heavy (non-hydrogen) atoms. The number of carbonyl (C=O) groups excluding carboxylic acids is 2. The molecule has 0 aromatic heterocycles. The molecule has 2 rings (SSSR count). The molecule has 1 aromatic rings. The maximum Gasteiger partial charge on any atom is 0.302 e. The molecule has 0 N–H and O–H groups in total. The molecule has 4 heteroatoms. The topological polar surface area (TPSA) is 52.6 Å². The summed E-state index contributed by atoms with van der Waals surface area (Å²) >= 11 is 0. The van der Waals surface area contributed by atoms with Crippen LogP contribution in [-0.4, -0.2) is 30.6 Å². The van der Waals surface area contributed by atoms with Crippen molar-refractivity contribution in [3.05, 3.63) is 35.9 Å². The summed E-state index contributed by atoms with van der Waals surface area (Å²) in [7, 11) is 0. The van der Waals surface area contributed by atoms with E-state index in [0.29, 0.717) is 12.2 Å². The Labute approximate surface area is 112 Å². The Bertz CT molecular complexity index is 441. The van der Waals surface area contributed by atoms with Crippen LogP contribution in [0.3, 0.4) is 0 Å². The van der Waals surface area contributed by atoms with Crippen molar-refractivity contribution in [2.45, 2.75) is 38.4 Å². The highest BCUT2D eigenvalue weighted by Gasteiger charge is 2.30. The molecule has 0 spiro atoms. The van der Waals surface area contributed by atoms with E-state index >= 15 is 0 Å². The number of ether oxygens (including phenoxy) is 2. The van der Waals surface area contributed by atoms with E-state index in [-0.39, 0.29) is 30.4 Å². The van der Waals surface area contributed by atoms with E-state index in [4.69, 9.17) is 9.47 Å². The molecule has 1 aromatic carbocycles. The summed E-state index contributed by atoms with van der Waals surface area (Å²) in [5, 5.41) is 0. The van der Waals surface area contributed by atoms with E-state index in [2.05, 4.69) is 0 Å². The number of esters is 1. The van der Waals surface area contributed by atoms with Gasteiger partial charge in [0.15, 0.2) is 5.78 Å². The fraction of sp³-hybridized carbons (Fsp3) is 0.467. The highest BCUT2D eigenvalue weighted by atomic mass is 16.6. The molecule has 2 atom stereocenters. The van der Waals surface area contributed by atoms with Gasteiger partial charge >= 0.3 is 5.97 Å². The minimum Gasteiger partial charge on any atom is -0.460 e. The summed E-state index contributed by atoms with van der Waals surface area (Å²) in [6.07, 6.45) is 1.23. The lowest BCUT2D eigenvalue weighted by Crippen LogP contribution is -2.38. The zero-order valence-corrected chi connectivity index (χ0v) is 11.0. The first-order valence-electron chi connectivity index (χ1n) is 6.54. The van der Waals surface area contributed by atoms with Crippen LogP contribution < -0.4 is 0 Å². The molecule has 0 unspecified atom stereocenters. The van der Waals surface area contributed by atoms with Crippen LogP contribution in [-0.2, 0) is 14.3 Å². The number of ketones is 1. The van der Waals surface area contributed by atoms with Crippen molar-refractivity contribution in [2.24, 2.45) is 0 Å². The van der Waals surface area contributed by atoms with Gasteiger partial charge in [0.05, 0.1) is 0 Å². The van der Waals surface area contributed by atoms with E-state index in [0.717, 1.165) is 12.8 Å². The second kappa shape index (κ2) is 6.48. The van der Waals surface area contributed by atoms with Gasteiger partial charge in [-0.25, -0.2) is 0 Å². The predicted octanol–water partition coefficient (Wildman–Crippen LogP) is 2.37. The highest BCUT2D eigenvalue weighted by Crippen LogP contribution is 2.21. The molecule has 1 heterocycles. The lowest BCUT2D eigenvalue weighted by Gasteiger charge is -2.30. The van der Waals surface area contributed by atoms with Gasteiger partial charge in [-0.05, 0) is 12.8 Å². The fourth-order valence-electron chi connectivity index (χ4n) is 2.28. The van der Waals surface area contributed by atoms with Gasteiger partial charge in [0, 0.05) is 25.5 Å². The summed E-state index contributed by atoms with van der Waals surface area (Å²) < 4.78 is 10.8. The second-order valence-electron chi connectivity index (χ2n) is 4.69. The fourth-order valence-corrected chi connectivity index (χ4v) is 2.28. The van der Waals surface area contributed by atoms with Gasteiger partial charge in [-0.2, -0.15) is 0 Å². The minimum absolute atomic E-state index is 0.0182. The standard InChI is InChI=1S/C15H18O4/c1-11(16)19-14-8-5-9-18-15(14)10-13(17)12-6-3-2-4-7-12/h2-4,6-7,14-15H,5,8-10H2,1H3/t14-,15-/m0/s1. The minimum atomic E-state index is -0.328. The van der Waals surface area contributed by atoms with Crippen molar-refractivity contribution in [3.63, 3.8) is 0 Å². The summed E-state index contributed by atoms with van der Waals surface area (Å²) in [6, 6.07) is 9.10. The maximum atomic E-state index is 12.1. The van der Waals surface area contributed by atoms with Crippen LogP contribution in [0.5, 0.6) is 0 Å². The van der Waals surface area contributed by atoms with Crippen LogP contribution >= 0.6 is 0 Å². The first-order valence-corrected chi connectivity index (χ1v) is 6.54. The largest absolute Gasteiger partial charge is 0.460 e. The average molecular weight is 262 g/mol. The number of benzene rings is 1. The molecule has 0 radical (unpaired) electrons. The number of Topliss-reactive ketones (excluding diaryl/α,β-unsaturated/α-hetero) is 1. The first-order chi connectivity index (χ1) is 9.16. The van der Waals surface area contributed by atoms with Gasteiger partial charge in [0.25, 0.3) is 0 Å². The van der Waals surface area contributed by atoms with Gasteiger partial charge in [0.2, 0.25) is 0 Å². The summed E-state index contributed by atoms with van der Waals surface area (Å²) in [5.74, 6) is -0.308. The first kappa shape index (κ1) is 13.7. The van der Waals surface area contributed by atoms with Crippen molar-refractivity contribution >= 4 is 11.8 Å². The van der Waals surface area contributed by atoms with Gasteiger partial charge in [-0.15, -0.1) is 0 Å².